The van der Waals surface area contributed by atoms with Crippen LogP contribution in [0.15, 0.2) is 66.0 Å². The molecule has 0 fully saturated rings. The third kappa shape index (κ3) is 4.41. The number of carbonyl (C=O) groups is 2. The second kappa shape index (κ2) is 9.57. The highest BCUT2D eigenvalue weighted by molar-refractivity contribution is 7.10. The van der Waals surface area contributed by atoms with Crippen LogP contribution < -0.4 is 10.1 Å². The molecule has 0 bridgehead atoms. The van der Waals surface area contributed by atoms with Crippen LogP contribution in [0.25, 0.3) is 0 Å². The zero-order valence-electron chi connectivity index (χ0n) is 18.6. The molecule has 1 N–H and O–H groups in total. The fraction of sp³-hybridized carbons (Fsp3) is 0.308. The summed E-state index contributed by atoms with van der Waals surface area (Å²) in [7, 11) is 0. The molecular weight excluding hydrogens is 420 g/mol. The Labute approximate surface area is 193 Å². The normalized spacial score (nSPS) is 17.9. The van der Waals surface area contributed by atoms with Gasteiger partial charge in [-0.2, -0.15) is 0 Å². The third-order valence-electron chi connectivity index (χ3n) is 5.55. The van der Waals surface area contributed by atoms with Crippen LogP contribution in [-0.4, -0.2) is 29.9 Å². The van der Waals surface area contributed by atoms with Crippen LogP contribution in [0.1, 0.15) is 53.5 Å². The second-order valence-corrected chi connectivity index (χ2v) is 9.30. The lowest BCUT2D eigenvalue weighted by molar-refractivity contribution is -0.119. The van der Waals surface area contributed by atoms with Gasteiger partial charge in [0, 0.05) is 22.7 Å². The van der Waals surface area contributed by atoms with Crippen molar-refractivity contribution >= 4 is 28.8 Å². The Hall–Kier alpha value is -3.12. The highest BCUT2D eigenvalue weighted by Crippen LogP contribution is 2.45. The Bertz CT molecular complexity index is 1080. The zero-order chi connectivity index (χ0) is 22.7. The molecule has 0 radical (unpaired) electrons. The van der Waals surface area contributed by atoms with Crippen LogP contribution in [0.3, 0.4) is 0 Å². The first-order valence-corrected chi connectivity index (χ1v) is 11.8. The summed E-state index contributed by atoms with van der Waals surface area (Å²) in [5.74, 6) is 0.395. The van der Waals surface area contributed by atoms with Gasteiger partial charge in [0.1, 0.15) is 5.75 Å². The minimum Gasteiger partial charge on any atom is -0.494 e. The fourth-order valence-electron chi connectivity index (χ4n) is 4.27. The molecule has 2 atom stereocenters. The van der Waals surface area contributed by atoms with E-state index in [1.54, 1.807) is 11.3 Å². The lowest BCUT2D eigenvalue weighted by Gasteiger charge is -2.42. The molecule has 1 aliphatic rings. The molecule has 2 amide bonds. The van der Waals surface area contributed by atoms with Crippen molar-refractivity contribution in [2.75, 3.05) is 18.5 Å². The van der Waals surface area contributed by atoms with E-state index in [4.69, 9.17) is 4.74 Å². The number of amides is 2. The van der Waals surface area contributed by atoms with Crippen molar-refractivity contribution < 1.29 is 14.3 Å². The largest absolute Gasteiger partial charge is 0.494 e. The molecule has 2 heterocycles. The Morgan fingerprint density at radius 2 is 1.84 bits per heavy atom. The summed E-state index contributed by atoms with van der Waals surface area (Å²) in [6.07, 6.45) is 0. The summed E-state index contributed by atoms with van der Waals surface area (Å²) in [5.41, 5.74) is 2.08. The van der Waals surface area contributed by atoms with Crippen LogP contribution in [-0.2, 0) is 4.79 Å². The number of benzene rings is 2. The molecule has 2 aromatic carbocycles. The lowest BCUT2D eigenvalue weighted by Crippen LogP contribution is -2.47. The van der Waals surface area contributed by atoms with E-state index >= 15 is 0 Å². The molecule has 2 unspecified atom stereocenters. The number of nitrogens with zero attached hydrogens (tertiary/aromatic N) is 1. The topological polar surface area (TPSA) is 58.6 Å². The monoisotopic (exact) mass is 448 g/mol. The molecule has 3 aromatic rings. The van der Waals surface area contributed by atoms with Gasteiger partial charge in [-0.15, -0.1) is 11.3 Å². The third-order valence-corrected chi connectivity index (χ3v) is 6.49. The van der Waals surface area contributed by atoms with Crippen LogP contribution in [0.5, 0.6) is 5.75 Å². The minimum atomic E-state index is -0.507. The maximum absolute atomic E-state index is 13.7. The number of carbonyl (C=O) groups excluding carboxylic acids is 2. The predicted molar refractivity (Wildman–Crippen MR) is 128 cm³/mol. The van der Waals surface area contributed by atoms with Gasteiger partial charge in [-0.05, 0) is 60.2 Å². The Kier molecular flexibility index (Phi) is 6.61. The molecule has 0 saturated heterocycles. The summed E-state index contributed by atoms with van der Waals surface area (Å²) >= 11 is 1.58. The van der Waals surface area contributed by atoms with Gasteiger partial charge in [0.2, 0.25) is 5.91 Å². The first-order valence-electron chi connectivity index (χ1n) is 11.0. The van der Waals surface area contributed by atoms with E-state index in [1.165, 1.54) is 0 Å². The maximum atomic E-state index is 13.7. The molecular formula is C26H28N2O3S. The summed E-state index contributed by atoms with van der Waals surface area (Å²) in [6.45, 7) is 7.29. The molecule has 1 aromatic heterocycles. The van der Waals surface area contributed by atoms with Crippen molar-refractivity contribution in [2.24, 2.45) is 5.92 Å². The van der Waals surface area contributed by atoms with Gasteiger partial charge >= 0.3 is 0 Å². The fourth-order valence-corrected chi connectivity index (χ4v) is 5.14. The molecule has 0 spiro atoms. The van der Waals surface area contributed by atoms with Crippen LogP contribution >= 0.6 is 11.3 Å². The summed E-state index contributed by atoms with van der Waals surface area (Å²) < 4.78 is 5.50. The number of hydrogen-bond acceptors (Lipinski definition) is 4. The van der Waals surface area contributed by atoms with Gasteiger partial charge in [-0.1, -0.05) is 38.1 Å². The minimum absolute atomic E-state index is 0.0159. The van der Waals surface area contributed by atoms with Crippen molar-refractivity contribution in [2.45, 2.75) is 32.7 Å². The second-order valence-electron chi connectivity index (χ2n) is 8.32. The van der Waals surface area contributed by atoms with Gasteiger partial charge in [0.15, 0.2) is 0 Å². The quantitative estimate of drug-likeness (QED) is 0.503. The summed E-state index contributed by atoms with van der Waals surface area (Å²) in [4.78, 5) is 30.1. The van der Waals surface area contributed by atoms with Gasteiger partial charge in [0.05, 0.1) is 18.6 Å². The van der Waals surface area contributed by atoms with Gasteiger partial charge < -0.3 is 15.0 Å². The van der Waals surface area contributed by atoms with E-state index in [1.807, 2.05) is 77.9 Å². The van der Waals surface area contributed by atoms with Crippen molar-refractivity contribution in [3.63, 3.8) is 0 Å². The van der Waals surface area contributed by atoms with Gasteiger partial charge in [0.25, 0.3) is 5.91 Å². The Morgan fingerprint density at radius 1 is 1.09 bits per heavy atom. The van der Waals surface area contributed by atoms with Gasteiger partial charge in [-0.3, -0.25) is 9.59 Å². The van der Waals surface area contributed by atoms with Crippen LogP contribution in [0.2, 0.25) is 0 Å². The molecule has 1 aliphatic heterocycles. The standard InChI is InChI=1S/C26H28N2O3S/c1-4-31-19-13-11-18(12-14-19)27-25(29)23-20-8-5-6-9-21(20)26(30)28(16-17(2)3)24(23)22-10-7-15-32-22/h5-15,17,23-24H,4,16H2,1-3H3,(H,27,29). The van der Waals surface area contributed by atoms with Crippen molar-refractivity contribution in [3.05, 3.63) is 82.0 Å². The molecule has 6 heteroatoms. The Morgan fingerprint density at radius 3 is 2.50 bits per heavy atom. The maximum Gasteiger partial charge on any atom is 0.254 e. The van der Waals surface area contributed by atoms with Crippen LogP contribution in [0.4, 0.5) is 5.69 Å². The van der Waals surface area contributed by atoms with E-state index < -0.39 is 5.92 Å². The number of fused-ring (bicyclic) bond motifs is 1. The average Bonchev–Trinajstić information content (AvgIpc) is 3.31. The number of ether oxygens (including phenoxy) is 1. The van der Waals surface area contributed by atoms with E-state index in [0.717, 1.165) is 16.2 Å². The molecule has 32 heavy (non-hydrogen) atoms. The first-order chi connectivity index (χ1) is 15.5. The predicted octanol–water partition coefficient (Wildman–Crippen LogP) is 5.72. The molecule has 4 rings (SSSR count). The van der Waals surface area contributed by atoms with Crippen molar-refractivity contribution in [1.29, 1.82) is 0 Å². The first kappa shape index (κ1) is 22.1. The SMILES string of the molecule is CCOc1ccc(NC(=O)C2c3ccccc3C(=O)N(CC(C)C)C2c2cccs2)cc1. The summed E-state index contributed by atoms with van der Waals surface area (Å²) in [6, 6.07) is 18.5. The van der Waals surface area contributed by atoms with Crippen LogP contribution in [0, 0.1) is 5.92 Å². The number of nitrogens with one attached hydrogen (secondary N) is 1. The van der Waals surface area contributed by atoms with Gasteiger partial charge in [-0.25, -0.2) is 0 Å². The lowest BCUT2D eigenvalue weighted by atomic mass is 9.81. The van der Waals surface area contributed by atoms with E-state index in [-0.39, 0.29) is 23.8 Å². The smallest absolute Gasteiger partial charge is 0.254 e. The zero-order valence-corrected chi connectivity index (χ0v) is 19.4. The van der Waals surface area contributed by atoms with Crippen molar-refractivity contribution in [3.8, 4) is 5.75 Å². The van der Waals surface area contributed by atoms with Crippen molar-refractivity contribution in [1.82, 2.24) is 4.90 Å². The molecule has 0 aliphatic carbocycles. The Balaban J connectivity index is 1.74. The number of rotatable bonds is 7. The van der Waals surface area contributed by atoms with E-state index in [9.17, 15) is 9.59 Å². The highest BCUT2D eigenvalue weighted by Gasteiger charge is 2.44. The number of hydrogen-bond donors (Lipinski definition) is 1. The molecule has 166 valence electrons. The average molecular weight is 449 g/mol. The van der Waals surface area contributed by atoms with E-state index in [2.05, 4.69) is 19.2 Å². The number of thiophene rings is 1. The van der Waals surface area contributed by atoms with E-state index in [0.29, 0.717) is 24.4 Å². The number of anilines is 1. The molecule has 0 saturated carbocycles. The molecule has 5 nitrogen and oxygen atoms in total. The highest BCUT2D eigenvalue weighted by atomic mass is 32.1. The summed E-state index contributed by atoms with van der Waals surface area (Å²) in [5, 5.41) is 5.07.